The average molecular weight is 513 g/mol. The van der Waals surface area contributed by atoms with E-state index in [9.17, 15) is 14.4 Å². The number of hydrogen-bond acceptors (Lipinski definition) is 5. The van der Waals surface area contributed by atoms with E-state index in [1.54, 1.807) is 42.5 Å². The number of halogens is 1. The molecular weight excluding hydrogens is 488 g/mol. The molecule has 2 aliphatic rings. The monoisotopic (exact) mass is 512 g/mol. The van der Waals surface area contributed by atoms with Crippen LogP contribution >= 0.6 is 11.6 Å². The number of rotatable bonds is 4. The number of anilines is 1. The van der Waals surface area contributed by atoms with Crippen LogP contribution in [-0.4, -0.2) is 48.7 Å². The van der Waals surface area contributed by atoms with Gasteiger partial charge in [-0.2, -0.15) is 0 Å². The second-order valence-corrected chi connectivity index (χ2v) is 9.57. The maximum absolute atomic E-state index is 13.2. The number of aryl methyl sites for hydroxylation is 1. The van der Waals surface area contributed by atoms with Crippen LogP contribution < -0.4 is 15.6 Å². The number of allylic oxidation sites excluding steroid dienone is 1. The van der Waals surface area contributed by atoms with Crippen molar-refractivity contribution in [2.24, 2.45) is 9.98 Å². The third-order valence-corrected chi connectivity index (χ3v) is 7.04. The highest BCUT2D eigenvalue weighted by Crippen LogP contribution is 2.24. The van der Waals surface area contributed by atoms with Crippen LogP contribution in [0.1, 0.15) is 31.8 Å². The number of hydrogen-bond donors (Lipinski definition) is 0. The summed E-state index contributed by atoms with van der Waals surface area (Å²) in [5.74, 6) is -1.10. The van der Waals surface area contributed by atoms with Gasteiger partial charge in [-0.05, 0) is 73.5 Å². The molecule has 1 saturated heterocycles. The highest BCUT2D eigenvalue weighted by Gasteiger charge is 2.24. The highest BCUT2D eigenvalue weighted by atomic mass is 35.5. The van der Waals surface area contributed by atoms with Crippen molar-refractivity contribution >= 4 is 34.9 Å². The summed E-state index contributed by atoms with van der Waals surface area (Å²) >= 11 is 5.87. The molecule has 1 fully saturated rings. The highest BCUT2D eigenvalue weighted by molar-refractivity contribution is 6.30. The predicted octanol–water partition coefficient (Wildman–Crippen LogP) is 3.47. The van der Waals surface area contributed by atoms with Crippen LogP contribution in [0.3, 0.4) is 0 Å². The van der Waals surface area contributed by atoms with Crippen LogP contribution in [0.5, 0.6) is 0 Å². The van der Waals surface area contributed by atoms with Crippen molar-refractivity contribution in [3.63, 3.8) is 0 Å². The number of ketones is 1. The van der Waals surface area contributed by atoms with Crippen molar-refractivity contribution in [1.82, 2.24) is 4.90 Å². The molecule has 0 unspecified atom stereocenters. The van der Waals surface area contributed by atoms with Crippen LogP contribution in [0.2, 0.25) is 5.02 Å². The van der Waals surface area contributed by atoms with Crippen molar-refractivity contribution in [3.05, 3.63) is 110 Å². The Bertz CT molecular complexity index is 1570. The Morgan fingerprint density at radius 3 is 2.30 bits per heavy atom. The molecule has 0 radical (unpaired) electrons. The molecular formula is C29H25ClN4O3. The van der Waals surface area contributed by atoms with Crippen LogP contribution in [0.15, 0.2) is 82.4 Å². The molecule has 8 heteroatoms. The van der Waals surface area contributed by atoms with E-state index >= 15 is 0 Å². The van der Waals surface area contributed by atoms with Gasteiger partial charge in [0, 0.05) is 54.1 Å². The van der Waals surface area contributed by atoms with E-state index in [-0.39, 0.29) is 17.4 Å². The number of carbonyl (C=O) groups is 3. The SMILES string of the molecule is Cc1cccc(N2CCN(C(=O)c3ccc4c(c3)=NC(=O)/C(=C/C(=O)c3ccc(Cl)cc3)N=4)CC2)c1C. The fraction of sp³-hybridized carbons (Fsp3) is 0.207. The summed E-state index contributed by atoms with van der Waals surface area (Å²) in [6, 6.07) is 17.6. The molecule has 0 atom stereocenters. The van der Waals surface area contributed by atoms with Gasteiger partial charge < -0.3 is 9.80 Å². The number of nitrogens with zero attached hydrogens (tertiary/aromatic N) is 4. The van der Waals surface area contributed by atoms with E-state index < -0.39 is 5.91 Å². The number of amides is 2. The number of fused-ring (bicyclic) bond motifs is 1. The Kier molecular flexibility index (Phi) is 6.72. The molecule has 186 valence electrons. The molecule has 0 aromatic heterocycles. The Morgan fingerprint density at radius 2 is 1.57 bits per heavy atom. The first kappa shape index (κ1) is 24.6. The van der Waals surface area contributed by atoms with Gasteiger partial charge in [-0.1, -0.05) is 23.7 Å². The van der Waals surface area contributed by atoms with Crippen molar-refractivity contribution in [2.45, 2.75) is 13.8 Å². The molecule has 2 amide bonds. The quantitative estimate of drug-likeness (QED) is 0.396. The molecule has 37 heavy (non-hydrogen) atoms. The Hall–Kier alpha value is -4.10. The number of piperazine rings is 1. The standard InChI is InChI=1S/C29H25ClN4O3/c1-18-4-3-5-26(19(18)2)33-12-14-34(15-13-33)29(37)21-8-11-23-24(16-21)32-28(36)25(31-23)17-27(35)20-6-9-22(30)10-7-20/h3-11,16-17H,12-15H2,1-2H3/b25-17-. The van der Waals surface area contributed by atoms with Crippen molar-refractivity contribution in [2.75, 3.05) is 31.1 Å². The molecule has 0 saturated carbocycles. The summed E-state index contributed by atoms with van der Waals surface area (Å²) in [6.45, 7) is 6.92. The normalized spacial score (nSPS) is 16.2. The molecule has 3 aromatic rings. The van der Waals surface area contributed by atoms with Gasteiger partial charge in [0.15, 0.2) is 5.78 Å². The Morgan fingerprint density at radius 1 is 0.865 bits per heavy atom. The zero-order chi connectivity index (χ0) is 26.1. The van der Waals surface area contributed by atoms with Gasteiger partial charge in [0.25, 0.3) is 11.8 Å². The molecule has 0 N–H and O–H groups in total. The third-order valence-electron chi connectivity index (χ3n) is 6.78. The molecule has 2 heterocycles. The first-order valence-corrected chi connectivity index (χ1v) is 12.4. The van der Waals surface area contributed by atoms with E-state index in [0.717, 1.165) is 13.1 Å². The van der Waals surface area contributed by atoms with E-state index in [1.165, 1.54) is 22.9 Å². The van der Waals surface area contributed by atoms with Crippen LogP contribution in [0, 0.1) is 13.8 Å². The van der Waals surface area contributed by atoms with Gasteiger partial charge in [-0.25, -0.2) is 9.98 Å². The first-order valence-electron chi connectivity index (χ1n) is 12.0. The minimum absolute atomic E-state index is 0.0471. The minimum Gasteiger partial charge on any atom is -0.368 e. The molecule has 7 nitrogen and oxygen atoms in total. The summed E-state index contributed by atoms with van der Waals surface area (Å²) in [4.78, 5) is 50.9. The fourth-order valence-corrected chi connectivity index (χ4v) is 4.64. The van der Waals surface area contributed by atoms with Gasteiger partial charge in [-0.3, -0.25) is 14.4 Å². The van der Waals surface area contributed by atoms with Crippen molar-refractivity contribution in [3.8, 4) is 0 Å². The predicted molar refractivity (Wildman–Crippen MR) is 142 cm³/mol. The summed E-state index contributed by atoms with van der Waals surface area (Å²) < 4.78 is 0. The van der Waals surface area contributed by atoms with Gasteiger partial charge in [-0.15, -0.1) is 0 Å². The first-order chi connectivity index (χ1) is 17.8. The molecule has 2 aliphatic heterocycles. The van der Waals surface area contributed by atoms with Gasteiger partial charge in [0.05, 0.1) is 10.7 Å². The van der Waals surface area contributed by atoms with E-state index in [2.05, 4.69) is 46.9 Å². The number of carbonyl (C=O) groups excluding carboxylic acids is 3. The molecule has 0 bridgehead atoms. The molecule has 0 spiro atoms. The van der Waals surface area contributed by atoms with Crippen molar-refractivity contribution < 1.29 is 14.4 Å². The second kappa shape index (κ2) is 10.1. The van der Waals surface area contributed by atoms with E-state index in [4.69, 9.17) is 11.6 Å². The van der Waals surface area contributed by atoms with Crippen molar-refractivity contribution in [1.29, 1.82) is 0 Å². The smallest absolute Gasteiger partial charge is 0.296 e. The van der Waals surface area contributed by atoms with Gasteiger partial charge >= 0.3 is 0 Å². The molecule has 5 rings (SSSR count). The lowest BCUT2D eigenvalue weighted by Gasteiger charge is -2.37. The Labute approximate surface area is 219 Å². The Balaban J connectivity index is 1.31. The minimum atomic E-state index is -0.624. The van der Waals surface area contributed by atoms with Crippen LogP contribution in [0.4, 0.5) is 5.69 Å². The third kappa shape index (κ3) is 5.08. The summed E-state index contributed by atoms with van der Waals surface area (Å²) in [6.07, 6.45) is 1.17. The fourth-order valence-electron chi connectivity index (χ4n) is 4.51. The maximum Gasteiger partial charge on any atom is 0.296 e. The lowest BCUT2D eigenvalue weighted by molar-refractivity contribution is -0.114. The van der Waals surface area contributed by atoms with Gasteiger partial charge in [0.1, 0.15) is 5.70 Å². The maximum atomic E-state index is 13.2. The molecule has 3 aromatic carbocycles. The van der Waals surface area contributed by atoms with Crippen LogP contribution in [-0.2, 0) is 4.79 Å². The second-order valence-electron chi connectivity index (χ2n) is 9.13. The van der Waals surface area contributed by atoms with E-state index in [0.29, 0.717) is 40.0 Å². The van der Waals surface area contributed by atoms with Gasteiger partial charge in [0.2, 0.25) is 0 Å². The summed E-state index contributed by atoms with van der Waals surface area (Å²) in [7, 11) is 0. The van der Waals surface area contributed by atoms with Crippen LogP contribution in [0.25, 0.3) is 0 Å². The topological polar surface area (TPSA) is 82.4 Å². The lowest BCUT2D eigenvalue weighted by Crippen LogP contribution is -2.49. The zero-order valence-electron chi connectivity index (χ0n) is 20.6. The summed E-state index contributed by atoms with van der Waals surface area (Å²) in [5.41, 5.74) is 4.52. The molecule has 0 aliphatic carbocycles. The van der Waals surface area contributed by atoms with E-state index in [1.807, 2.05) is 4.90 Å². The zero-order valence-corrected chi connectivity index (χ0v) is 21.3. The summed E-state index contributed by atoms with van der Waals surface area (Å²) in [5, 5.41) is 1.27. The largest absolute Gasteiger partial charge is 0.368 e. The average Bonchev–Trinajstić information content (AvgIpc) is 2.90. The lowest BCUT2D eigenvalue weighted by atomic mass is 10.1. The number of benzene rings is 3.